The maximum atomic E-state index is 8.82. The van der Waals surface area contributed by atoms with Gasteiger partial charge in [0.15, 0.2) is 0 Å². The molecule has 0 fully saturated rings. The van der Waals surface area contributed by atoms with Crippen molar-refractivity contribution < 1.29 is 4.74 Å². The summed E-state index contributed by atoms with van der Waals surface area (Å²) in [7, 11) is 2.01. The predicted molar refractivity (Wildman–Crippen MR) is 70.2 cm³/mol. The highest BCUT2D eigenvalue weighted by molar-refractivity contribution is 5.50. The summed E-state index contributed by atoms with van der Waals surface area (Å²) in [6.07, 6.45) is 2.29. The quantitative estimate of drug-likeness (QED) is 0.678. The molecule has 0 radical (unpaired) electrons. The van der Waals surface area contributed by atoms with Gasteiger partial charge in [0.1, 0.15) is 0 Å². The van der Waals surface area contributed by atoms with Crippen LogP contribution in [0.25, 0.3) is 0 Å². The van der Waals surface area contributed by atoms with Crippen molar-refractivity contribution in [3.05, 3.63) is 29.8 Å². The molecule has 0 spiro atoms. The topological polar surface area (TPSA) is 36.3 Å². The largest absolute Gasteiger partial charge is 0.380 e. The number of hydrogen-bond acceptors (Lipinski definition) is 3. The van der Waals surface area contributed by atoms with Crippen molar-refractivity contribution in [1.29, 1.82) is 5.26 Å². The fraction of sp³-hybridized carbons (Fsp3) is 0.500. The van der Waals surface area contributed by atoms with Crippen molar-refractivity contribution in [2.24, 2.45) is 0 Å². The van der Waals surface area contributed by atoms with Crippen LogP contribution in [0.3, 0.4) is 0 Å². The molecule has 3 heteroatoms. The lowest BCUT2D eigenvalue weighted by Crippen LogP contribution is -2.22. The summed E-state index contributed by atoms with van der Waals surface area (Å²) in [4.78, 5) is 2.10. The third kappa shape index (κ3) is 4.88. The molecule has 0 amide bonds. The van der Waals surface area contributed by atoms with E-state index in [4.69, 9.17) is 10.00 Å². The van der Waals surface area contributed by atoms with Crippen LogP contribution >= 0.6 is 0 Å². The SMILES string of the molecule is CCCCOCCN(C)c1cccc(C#N)c1. The summed E-state index contributed by atoms with van der Waals surface area (Å²) in [6, 6.07) is 9.77. The first kappa shape index (κ1) is 13.5. The molecule has 3 nitrogen and oxygen atoms in total. The number of likely N-dealkylation sites (N-methyl/N-ethyl adjacent to an activating group) is 1. The molecule has 0 aliphatic heterocycles. The van der Waals surface area contributed by atoms with Crippen molar-refractivity contribution in [1.82, 2.24) is 0 Å². The second-order valence-corrected chi connectivity index (χ2v) is 4.05. The molecule has 1 rings (SSSR count). The van der Waals surface area contributed by atoms with Crippen LogP contribution in [0.4, 0.5) is 5.69 Å². The minimum absolute atomic E-state index is 0.696. The first-order valence-corrected chi connectivity index (χ1v) is 6.07. The summed E-state index contributed by atoms with van der Waals surface area (Å²) >= 11 is 0. The Kier molecular flexibility index (Phi) is 6.13. The lowest BCUT2D eigenvalue weighted by molar-refractivity contribution is 0.138. The number of benzene rings is 1. The van der Waals surface area contributed by atoms with Gasteiger partial charge in [0.2, 0.25) is 0 Å². The molecule has 17 heavy (non-hydrogen) atoms. The first-order chi connectivity index (χ1) is 8.27. The molecule has 0 atom stereocenters. The average molecular weight is 232 g/mol. The molecule has 0 bridgehead atoms. The number of unbranched alkanes of at least 4 members (excludes halogenated alkanes) is 1. The van der Waals surface area contributed by atoms with Crippen molar-refractivity contribution >= 4 is 5.69 Å². The molecule has 92 valence electrons. The van der Waals surface area contributed by atoms with Gasteiger partial charge in [-0.2, -0.15) is 5.26 Å². The van der Waals surface area contributed by atoms with E-state index in [0.717, 1.165) is 31.9 Å². The summed E-state index contributed by atoms with van der Waals surface area (Å²) in [5.74, 6) is 0. The van der Waals surface area contributed by atoms with Crippen LogP contribution in [-0.4, -0.2) is 26.8 Å². The zero-order chi connectivity index (χ0) is 12.5. The zero-order valence-electron chi connectivity index (χ0n) is 10.6. The van der Waals surface area contributed by atoms with Crippen LogP contribution in [0.1, 0.15) is 25.3 Å². The van der Waals surface area contributed by atoms with Gasteiger partial charge in [-0.25, -0.2) is 0 Å². The van der Waals surface area contributed by atoms with Crippen LogP contribution in [0.15, 0.2) is 24.3 Å². The van der Waals surface area contributed by atoms with Crippen LogP contribution < -0.4 is 4.90 Å². The third-order valence-corrected chi connectivity index (χ3v) is 2.63. The Balaban J connectivity index is 2.36. The average Bonchev–Trinajstić information content (AvgIpc) is 2.38. The van der Waals surface area contributed by atoms with Crippen molar-refractivity contribution in [3.8, 4) is 6.07 Å². The molecule has 1 aromatic rings. The molecule has 0 heterocycles. The first-order valence-electron chi connectivity index (χ1n) is 6.07. The molecule has 0 aromatic heterocycles. The fourth-order valence-corrected chi connectivity index (χ4v) is 1.49. The van der Waals surface area contributed by atoms with E-state index in [1.165, 1.54) is 6.42 Å². The van der Waals surface area contributed by atoms with Gasteiger partial charge in [-0.3, -0.25) is 0 Å². The van der Waals surface area contributed by atoms with Gasteiger partial charge < -0.3 is 9.64 Å². The monoisotopic (exact) mass is 232 g/mol. The Bertz CT molecular complexity index is 371. The second-order valence-electron chi connectivity index (χ2n) is 4.05. The van der Waals surface area contributed by atoms with E-state index in [1.54, 1.807) is 0 Å². The zero-order valence-corrected chi connectivity index (χ0v) is 10.6. The van der Waals surface area contributed by atoms with E-state index < -0.39 is 0 Å². The third-order valence-electron chi connectivity index (χ3n) is 2.63. The van der Waals surface area contributed by atoms with Gasteiger partial charge in [0, 0.05) is 25.9 Å². The Labute approximate surface area is 104 Å². The van der Waals surface area contributed by atoms with E-state index in [0.29, 0.717) is 5.56 Å². The Morgan fingerprint density at radius 2 is 2.18 bits per heavy atom. The number of ether oxygens (including phenoxy) is 1. The Hall–Kier alpha value is -1.53. The number of rotatable bonds is 7. The standard InChI is InChI=1S/C14H20N2O/c1-3-4-9-17-10-8-16(2)14-7-5-6-13(11-14)12-15/h5-7,11H,3-4,8-10H2,1-2H3. The fourth-order valence-electron chi connectivity index (χ4n) is 1.49. The lowest BCUT2D eigenvalue weighted by atomic mass is 10.2. The molecule has 0 aliphatic rings. The molecule has 0 aliphatic carbocycles. The predicted octanol–water partition coefficient (Wildman–Crippen LogP) is 2.81. The molecule has 0 unspecified atom stereocenters. The molecular formula is C14H20N2O. The van der Waals surface area contributed by atoms with E-state index in [1.807, 2.05) is 31.3 Å². The van der Waals surface area contributed by atoms with Crippen molar-refractivity contribution in [3.63, 3.8) is 0 Å². The van der Waals surface area contributed by atoms with E-state index in [-0.39, 0.29) is 0 Å². The highest BCUT2D eigenvalue weighted by Gasteiger charge is 2.01. The van der Waals surface area contributed by atoms with Crippen molar-refractivity contribution in [2.45, 2.75) is 19.8 Å². The Morgan fingerprint density at radius 1 is 1.35 bits per heavy atom. The second kappa shape index (κ2) is 7.70. The Morgan fingerprint density at radius 3 is 2.88 bits per heavy atom. The number of nitriles is 1. The summed E-state index contributed by atoms with van der Waals surface area (Å²) in [6.45, 7) is 4.57. The highest BCUT2D eigenvalue weighted by atomic mass is 16.5. The smallest absolute Gasteiger partial charge is 0.0992 e. The van der Waals surface area contributed by atoms with Gasteiger partial charge >= 0.3 is 0 Å². The lowest BCUT2D eigenvalue weighted by Gasteiger charge is -2.19. The van der Waals surface area contributed by atoms with E-state index in [2.05, 4.69) is 17.9 Å². The van der Waals surface area contributed by atoms with Gasteiger partial charge in [-0.1, -0.05) is 19.4 Å². The van der Waals surface area contributed by atoms with Crippen LogP contribution in [-0.2, 0) is 4.74 Å². The molecular weight excluding hydrogens is 212 g/mol. The number of nitrogens with zero attached hydrogens (tertiary/aromatic N) is 2. The molecule has 0 saturated carbocycles. The summed E-state index contributed by atoms with van der Waals surface area (Å²) < 4.78 is 5.52. The summed E-state index contributed by atoms with van der Waals surface area (Å²) in [5, 5.41) is 8.82. The van der Waals surface area contributed by atoms with Crippen molar-refractivity contribution in [2.75, 3.05) is 31.7 Å². The minimum atomic E-state index is 0.696. The maximum absolute atomic E-state index is 8.82. The summed E-state index contributed by atoms with van der Waals surface area (Å²) in [5.41, 5.74) is 1.75. The van der Waals surface area contributed by atoms with Gasteiger partial charge in [0.05, 0.1) is 18.2 Å². The van der Waals surface area contributed by atoms with E-state index >= 15 is 0 Å². The van der Waals surface area contributed by atoms with E-state index in [9.17, 15) is 0 Å². The van der Waals surface area contributed by atoms with Crippen LogP contribution in [0.2, 0.25) is 0 Å². The van der Waals surface area contributed by atoms with Gasteiger partial charge in [-0.05, 0) is 24.6 Å². The number of anilines is 1. The van der Waals surface area contributed by atoms with Crippen LogP contribution in [0, 0.1) is 11.3 Å². The molecule has 1 aromatic carbocycles. The maximum Gasteiger partial charge on any atom is 0.0992 e. The number of hydrogen-bond donors (Lipinski definition) is 0. The normalized spacial score (nSPS) is 9.94. The van der Waals surface area contributed by atoms with Gasteiger partial charge in [0.25, 0.3) is 0 Å². The van der Waals surface area contributed by atoms with Gasteiger partial charge in [-0.15, -0.1) is 0 Å². The highest BCUT2D eigenvalue weighted by Crippen LogP contribution is 2.13. The molecule has 0 N–H and O–H groups in total. The van der Waals surface area contributed by atoms with Crippen LogP contribution in [0.5, 0.6) is 0 Å². The minimum Gasteiger partial charge on any atom is -0.380 e. The molecule has 0 saturated heterocycles.